The number of hydrogen-bond acceptors (Lipinski definition) is 10. The molecule has 0 unspecified atom stereocenters. The maximum absolute atomic E-state index is 16.5. The van der Waals surface area contributed by atoms with Crippen LogP contribution in [0.15, 0.2) is 58.1 Å². The zero-order chi connectivity index (χ0) is 42.8. The lowest BCUT2D eigenvalue weighted by molar-refractivity contribution is 0.452. The SMILES string of the molecule is CC1(C)C(CCCS(=O)(=O)O)=c2cc3c(cc2-c2sccc21)=C(c1c(F)c(F)cc(F)c1S(=O)(=O)O)c1cc2c(cc1O3)N(CCCS(=O)(=O)O)C(C)(C)c1ccsc1-2. The van der Waals surface area contributed by atoms with E-state index in [1.165, 1.54) is 22.7 Å². The van der Waals surface area contributed by atoms with E-state index in [2.05, 4.69) is 0 Å². The quantitative estimate of drug-likeness (QED) is 0.0912. The van der Waals surface area contributed by atoms with Crippen molar-refractivity contribution in [2.45, 2.75) is 62.8 Å². The first kappa shape index (κ1) is 41.6. The van der Waals surface area contributed by atoms with Gasteiger partial charge in [-0.3, -0.25) is 13.7 Å². The maximum Gasteiger partial charge on any atom is 0.298 e. The Morgan fingerprint density at radius 2 is 1.34 bits per heavy atom. The van der Waals surface area contributed by atoms with Gasteiger partial charge in [0.05, 0.1) is 17.0 Å². The summed E-state index contributed by atoms with van der Waals surface area (Å²) in [5.74, 6) is -6.21. The first-order valence-corrected chi connectivity index (χ1v) is 24.6. The van der Waals surface area contributed by atoms with Crippen molar-refractivity contribution in [2.75, 3.05) is 23.0 Å². The monoisotopic (exact) mass is 907 g/mol. The van der Waals surface area contributed by atoms with Crippen LogP contribution in [-0.4, -0.2) is 57.0 Å². The van der Waals surface area contributed by atoms with E-state index in [1.54, 1.807) is 24.3 Å². The summed E-state index contributed by atoms with van der Waals surface area (Å²) < 4.78 is 157. The normalized spacial score (nSPS) is 16.4. The van der Waals surface area contributed by atoms with Gasteiger partial charge in [-0.1, -0.05) is 19.4 Å². The van der Waals surface area contributed by atoms with Gasteiger partial charge in [0, 0.05) is 72.6 Å². The average Bonchev–Trinajstić information content (AvgIpc) is 3.82. The minimum Gasteiger partial charge on any atom is -0.456 e. The Bertz CT molecular complexity index is 3120. The Kier molecular flexibility index (Phi) is 9.87. The van der Waals surface area contributed by atoms with Gasteiger partial charge in [-0.05, 0) is 90.5 Å². The molecule has 3 N–H and O–H groups in total. The molecule has 0 amide bonds. The molecule has 1 aliphatic carbocycles. The molecular weight excluding hydrogens is 872 g/mol. The molecule has 0 spiro atoms. The number of hydrogen-bond donors (Lipinski definition) is 3. The van der Waals surface area contributed by atoms with Crippen molar-refractivity contribution in [1.82, 2.24) is 0 Å². The minimum absolute atomic E-state index is 0.00643. The van der Waals surface area contributed by atoms with E-state index >= 15 is 13.2 Å². The number of nitrogens with zero attached hydrogens (tertiary/aromatic N) is 1. The van der Waals surface area contributed by atoms with Gasteiger partial charge in [0.1, 0.15) is 22.2 Å². The van der Waals surface area contributed by atoms with Crippen LogP contribution in [0.1, 0.15) is 69.2 Å². The van der Waals surface area contributed by atoms with Crippen molar-refractivity contribution in [3.05, 3.63) is 103 Å². The molecule has 3 aliphatic rings. The minimum atomic E-state index is -5.56. The van der Waals surface area contributed by atoms with Crippen LogP contribution < -0.4 is 20.1 Å². The molecule has 0 saturated heterocycles. The highest BCUT2D eigenvalue weighted by Crippen LogP contribution is 2.54. The lowest BCUT2D eigenvalue weighted by Gasteiger charge is -2.45. The van der Waals surface area contributed by atoms with Gasteiger partial charge in [-0.2, -0.15) is 25.3 Å². The first-order valence-electron chi connectivity index (χ1n) is 18.2. The van der Waals surface area contributed by atoms with Gasteiger partial charge in [-0.25, -0.2) is 13.2 Å². The van der Waals surface area contributed by atoms with Crippen molar-refractivity contribution < 1.29 is 56.8 Å². The summed E-state index contributed by atoms with van der Waals surface area (Å²) in [4.78, 5) is 1.96. The Hall–Kier alpha value is -4.08. The number of fused-ring (bicyclic) bond motifs is 8. The Balaban J connectivity index is 1.50. The van der Waals surface area contributed by atoms with Crippen molar-refractivity contribution in [3.8, 4) is 32.4 Å². The summed E-state index contributed by atoms with van der Waals surface area (Å²) in [5, 5.41) is 4.35. The van der Waals surface area contributed by atoms with E-state index in [1.807, 2.05) is 55.5 Å². The Morgan fingerprint density at radius 3 is 1.98 bits per heavy atom. The molecule has 0 saturated carbocycles. The van der Waals surface area contributed by atoms with E-state index in [0.29, 0.717) is 22.0 Å². The topological polar surface area (TPSA) is 176 Å². The number of anilines is 1. The molecule has 0 bridgehead atoms. The summed E-state index contributed by atoms with van der Waals surface area (Å²) in [7, 11) is -14.2. The Morgan fingerprint density at radius 1 is 0.712 bits per heavy atom. The van der Waals surface area contributed by atoms with Gasteiger partial charge < -0.3 is 9.64 Å². The lowest BCUT2D eigenvalue weighted by Crippen LogP contribution is -2.45. The van der Waals surface area contributed by atoms with Crippen molar-refractivity contribution in [2.24, 2.45) is 0 Å². The number of ether oxygens (including phenoxy) is 1. The number of halogens is 3. The second-order valence-electron chi connectivity index (χ2n) is 15.7. The second kappa shape index (κ2) is 14.0. The van der Waals surface area contributed by atoms with Crippen LogP contribution in [0.2, 0.25) is 0 Å². The van der Waals surface area contributed by atoms with Crippen molar-refractivity contribution in [1.29, 1.82) is 0 Å². The number of benzene rings is 3. The highest BCUT2D eigenvalue weighted by molar-refractivity contribution is 7.86. The molecule has 2 aromatic heterocycles. The van der Waals surface area contributed by atoms with Crippen LogP contribution in [0.3, 0.4) is 0 Å². The third-order valence-corrected chi connectivity index (χ3v) is 15.8. The summed E-state index contributed by atoms with van der Waals surface area (Å²) in [5.41, 5.74) is 1.34. The molecule has 3 aromatic carbocycles. The average molecular weight is 908 g/mol. The molecule has 0 fully saturated rings. The zero-order valence-corrected chi connectivity index (χ0v) is 35.8. The molecule has 5 aromatic rings. The maximum atomic E-state index is 16.5. The van der Waals surface area contributed by atoms with Gasteiger partial charge in [0.2, 0.25) is 0 Å². The molecule has 8 rings (SSSR count). The van der Waals surface area contributed by atoms with Crippen molar-refractivity contribution in [3.63, 3.8) is 0 Å². The van der Waals surface area contributed by atoms with Crippen LogP contribution in [0, 0.1) is 17.5 Å². The van der Waals surface area contributed by atoms with Crippen LogP contribution in [0.4, 0.5) is 18.9 Å². The zero-order valence-electron chi connectivity index (χ0n) is 31.8. The Labute approximate surface area is 346 Å². The van der Waals surface area contributed by atoms with Gasteiger partial charge in [0.15, 0.2) is 11.6 Å². The summed E-state index contributed by atoms with van der Waals surface area (Å²) in [6.45, 7) is 7.91. The number of thiophene rings is 2. The fourth-order valence-electron chi connectivity index (χ4n) is 8.78. The van der Waals surface area contributed by atoms with Crippen LogP contribution in [0.5, 0.6) is 11.5 Å². The van der Waals surface area contributed by atoms with E-state index in [4.69, 9.17) is 4.74 Å². The van der Waals surface area contributed by atoms with Crippen LogP contribution in [-0.2, 0) is 41.3 Å². The predicted molar refractivity (Wildman–Crippen MR) is 220 cm³/mol. The largest absolute Gasteiger partial charge is 0.456 e. The molecule has 0 atom stereocenters. The summed E-state index contributed by atoms with van der Waals surface area (Å²) in [6, 6.07) is 10.3. The van der Waals surface area contributed by atoms with Crippen LogP contribution in [0.25, 0.3) is 32.0 Å². The van der Waals surface area contributed by atoms with E-state index in [-0.39, 0.29) is 59.7 Å². The van der Waals surface area contributed by atoms with Crippen molar-refractivity contribution >= 4 is 69.9 Å². The third-order valence-electron chi connectivity index (χ3n) is 11.4. The molecule has 59 heavy (non-hydrogen) atoms. The fourth-order valence-corrected chi connectivity index (χ4v) is 12.7. The second-order valence-corrected chi connectivity index (χ2v) is 22.1. The molecule has 11 nitrogen and oxygen atoms in total. The molecule has 2 aliphatic heterocycles. The molecular formula is C40H36F3NO10S5. The summed E-state index contributed by atoms with van der Waals surface area (Å²) >= 11 is 2.75. The van der Waals surface area contributed by atoms with Crippen LogP contribution >= 0.6 is 22.7 Å². The standard InChI is InChI=1S/C40H36F3NO10S5/c1-39(2)25(7-5-13-57(45,46)47)20-17-31-23(15-21(20)36-26(39)8-11-55-36)33(34-35(43)28(41)18-29(42)38(34)59(51,52)53)24-16-22-30(19-32(24)54-31)44(10-6-14-58(48,49)50)40(3,4)27-9-12-56-37(22)27/h8-9,11-12,15-19H,5-7,10,13-14H2,1-4H3,(H,45,46,47)(H,48,49,50)(H,51,52,53). The van der Waals surface area contributed by atoms with E-state index in [9.17, 15) is 38.9 Å². The van der Waals surface area contributed by atoms with Gasteiger partial charge >= 0.3 is 0 Å². The smallest absolute Gasteiger partial charge is 0.298 e. The summed E-state index contributed by atoms with van der Waals surface area (Å²) in [6.07, 6.45) is 0.287. The molecule has 4 heterocycles. The lowest BCUT2D eigenvalue weighted by atomic mass is 9.71. The highest BCUT2D eigenvalue weighted by atomic mass is 32.2. The third kappa shape index (κ3) is 7.02. The fraction of sp³-hybridized carbons (Fsp3) is 0.300. The molecule has 19 heteroatoms. The predicted octanol–water partition coefficient (Wildman–Crippen LogP) is 7.60. The number of rotatable bonds is 10. The molecule has 0 radical (unpaired) electrons. The molecule has 312 valence electrons. The first-order chi connectivity index (χ1) is 27.4. The highest BCUT2D eigenvalue weighted by Gasteiger charge is 2.42. The van der Waals surface area contributed by atoms with E-state index < -0.39 is 80.7 Å². The van der Waals surface area contributed by atoms with Gasteiger partial charge in [0.25, 0.3) is 30.4 Å². The van der Waals surface area contributed by atoms with E-state index in [0.717, 1.165) is 26.5 Å². The van der Waals surface area contributed by atoms with Gasteiger partial charge in [-0.15, -0.1) is 22.7 Å².